The summed E-state index contributed by atoms with van der Waals surface area (Å²) in [5.41, 5.74) is 2.45. The molecule has 18 heavy (non-hydrogen) atoms. The molecule has 0 aliphatic carbocycles. The van der Waals surface area contributed by atoms with Gasteiger partial charge in [-0.25, -0.2) is 4.98 Å². The second-order valence-electron chi connectivity index (χ2n) is 4.43. The van der Waals surface area contributed by atoms with Crippen LogP contribution in [0.25, 0.3) is 0 Å². The fourth-order valence-electron chi connectivity index (χ4n) is 2.12. The Morgan fingerprint density at radius 2 is 2.33 bits per heavy atom. The number of nitrogens with zero attached hydrogens (tertiary/aromatic N) is 1. The van der Waals surface area contributed by atoms with Crippen LogP contribution >= 0.6 is 11.3 Å². The summed E-state index contributed by atoms with van der Waals surface area (Å²) in [6, 6.07) is 8.25. The van der Waals surface area contributed by atoms with Crippen molar-refractivity contribution in [2.75, 3.05) is 11.9 Å². The number of hydrogen-bond donors (Lipinski definition) is 1. The predicted molar refractivity (Wildman–Crippen MR) is 74.5 cm³/mol. The van der Waals surface area contributed by atoms with Crippen molar-refractivity contribution in [2.24, 2.45) is 0 Å². The molecule has 1 aliphatic heterocycles. The molecule has 0 saturated carbocycles. The second kappa shape index (κ2) is 4.98. The third-order valence-corrected chi connectivity index (χ3v) is 3.96. The summed E-state index contributed by atoms with van der Waals surface area (Å²) in [5.74, 6) is 1.03. The van der Waals surface area contributed by atoms with Gasteiger partial charge in [-0.1, -0.05) is 25.1 Å². The van der Waals surface area contributed by atoms with Gasteiger partial charge in [-0.3, -0.25) is 0 Å². The molecule has 94 valence electrons. The molecule has 0 radical (unpaired) electrons. The lowest BCUT2D eigenvalue weighted by Gasteiger charge is -2.10. The van der Waals surface area contributed by atoms with Gasteiger partial charge in [0.2, 0.25) is 0 Å². The monoisotopic (exact) mass is 260 g/mol. The van der Waals surface area contributed by atoms with Gasteiger partial charge < -0.3 is 10.1 Å². The van der Waals surface area contributed by atoms with Crippen molar-refractivity contribution in [3.8, 4) is 5.75 Å². The molecule has 3 nitrogen and oxygen atoms in total. The van der Waals surface area contributed by atoms with E-state index in [-0.39, 0.29) is 6.10 Å². The number of anilines is 1. The Morgan fingerprint density at radius 3 is 3.11 bits per heavy atom. The number of aryl methyl sites for hydroxylation is 1. The van der Waals surface area contributed by atoms with Gasteiger partial charge in [0.1, 0.15) is 11.9 Å². The van der Waals surface area contributed by atoms with Crippen LogP contribution in [-0.4, -0.2) is 17.6 Å². The molecule has 1 aromatic heterocycles. The zero-order chi connectivity index (χ0) is 12.4. The van der Waals surface area contributed by atoms with E-state index in [2.05, 4.69) is 34.7 Å². The standard InChI is InChI=1S/C14H16N2OS/c1-2-11-9-18-14(16-11)15-8-12-7-10-5-3-4-6-13(10)17-12/h3-6,9,12H,2,7-8H2,1H3,(H,15,16). The molecule has 0 amide bonds. The van der Waals surface area contributed by atoms with Gasteiger partial charge in [0.05, 0.1) is 12.2 Å². The van der Waals surface area contributed by atoms with Crippen molar-refractivity contribution in [1.82, 2.24) is 4.98 Å². The predicted octanol–water partition coefficient (Wildman–Crippen LogP) is 3.12. The van der Waals surface area contributed by atoms with E-state index in [1.54, 1.807) is 11.3 Å². The van der Waals surface area contributed by atoms with Crippen molar-refractivity contribution in [3.05, 3.63) is 40.9 Å². The lowest BCUT2D eigenvalue weighted by molar-refractivity contribution is 0.246. The Kier molecular flexibility index (Phi) is 3.19. The zero-order valence-electron chi connectivity index (χ0n) is 10.3. The number of para-hydroxylation sites is 1. The van der Waals surface area contributed by atoms with Crippen molar-refractivity contribution in [2.45, 2.75) is 25.9 Å². The second-order valence-corrected chi connectivity index (χ2v) is 5.29. The maximum atomic E-state index is 5.88. The molecular weight excluding hydrogens is 244 g/mol. The minimum absolute atomic E-state index is 0.219. The Labute approximate surface area is 111 Å². The van der Waals surface area contributed by atoms with Crippen LogP contribution in [0.3, 0.4) is 0 Å². The minimum Gasteiger partial charge on any atom is -0.488 e. The van der Waals surface area contributed by atoms with Gasteiger partial charge in [-0.2, -0.15) is 0 Å². The molecular formula is C14H16N2OS. The Hall–Kier alpha value is -1.55. The van der Waals surface area contributed by atoms with Gasteiger partial charge >= 0.3 is 0 Å². The van der Waals surface area contributed by atoms with Crippen LogP contribution in [0, 0.1) is 0 Å². The maximum Gasteiger partial charge on any atom is 0.182 e. The SMILES string of the molecule is CCc1csc(NCC2Cc3ccccc3O2)n1. The highest BCUT2D eigenvalue weighted by Crippen LogP contribution is 2.28. The Balaban J connectivity index is 1.57. The topological polar surface area (TPSA) is 34.1 Å². The normalized spacial score (nSPS) is 17.3. The number of rotatable bonds is 4. The molecule has 4 heteroatoms. The molecule has 2 aromatic rings. The van der Waals surface area contributed by atoms with Crippen LogP contribution in [0.15, 0.2) is 29.6 Å². The number of nitrogens with one attached hydrogen (secondary N) is 1. The van der Waals surface area contributed by atoms with Crippen LogP contribution in [-0.2, 0) is 12.8 Å². The Morgan fingerprint density at radius 1 is 1.44 bits per heavy atom. The van der Waals surface area contributed by atoms with E-state index in [1.807, 2.05) is 12.1 Å². The largest absolute Gasteiger partial charge is 0.488 e. The summed E-state index contributed by atoms with van der Waals surface area (Å²) in [5, 5.41) is 6.45. The first-order valence-electron chi connectivity index (χ1n) is 6.28. The van der Waals surface area contributed by atoms with Gasteiger partial charge in [0, 0.05) is 11.8 Å². The summed E-state index contributed by atoms with van der Waals surface area (Å²) in [6.07, 6.45) is 2.19. The first-order chi connectivity index (χ1) is 8.85. The number of fused-ring (bicyclic) bond motifs is 1. The molecule has 1 aromatic carbocycles. The maximum absolute atomic E-state index is 5.88. The highest BCUT2D eigenvalue weighted by molar-refractivity contribution is 7.13. The van der Waals surface area contributed by atoms with Crippen molar-refractivity contribution in [1.29, 1.82) is 0 Å². The summed E-state index contributed by atoms with van der Waals surface area (Å²) < 4.78 is 5.88. The minimum atomic E-state index is 0.219. The van der Waals surface area contributed by atoms with Crippen LogP contribution < -0.4 is 10.1 Å². The fourth-order valence-corrected chi connectivity index (χ4v) is 2.92. The van der Waals surface area contributed by atoms with Crippen LogP contribution in [0.5, 0.6) is 5.75 Å². The smallest absolute Gasteiger partial charge is 0.182 e. The van der Waals surface area contributed by atoms with E-state index in [9.17, 15) is 0 Å². The third-order valence-electron chi connectivity index (χ3n) is 3.11. The molecule has 3 rings (SSSR count). The molecule has 0 fully saturated rings. The summed E-state index contributed by atoms with van der Waals surface area (Å²) in [4.78, 5) is 4.49. The molecule has 1 atom stereocenters. The Bertz CT molecular complexity index is 513. The van der Waals surface area contributed by atoms with E-state index in [1.165, 1.54) is 5.56 Å². The van der Waals surface area contributed by atoms with E-state index < -0.39 is 0 Å². The van der Waals surface area contributed by atoms with Gasteiger partial charge in [0.15, 0.2) is 5.13 Å². The first-order valence-corrected chi connectivity index (χ1v) is 7.16. The van der Waals surface area contributed by atoms with Crippen LogP contribution in [0.1, 0.15) is 18.2 Å². The van der Waals surface area contributed by atoms with E-state index >= 15 is 0 Å². The number of hydrogen-bond acceptors (Lipinski definition) is 4. The molecule has 1 aliphatic rings. The van der Waals surface area contributed by atoms with Crippen LogP contribution in [0.4, 0.5) is 5.13 Å². The first kappa shape index (κ1) is 11.5. The van der Waals surface area contributed by atoms with Gasteiger partial charge in [0.25, 0.3) is 0 Å². The summed E-state index contributed by atoms with van der Waals surface area (Å²) >= 11 is 1.66. The molecule has 0 spiro atoms. The highest BCUT2D eigenvalue weighted by atomic mass is 32.1. The average Bonchev–Trinajstić information content (AvgIpc) is 3.02. The van der Waals surface area contributed by atoms with Gasteiger partial charge in [-0.15, -0.1) is 11.3 Å². The molecule has 0 saturated heterocycles. The number of thiazole rings is 1. The quantitative estimate of drug-likeness (QED) is 0.917. The zero-order valence-corrected chi connectivity index (χ0v) is 11.2. The molecule has 0 bridgehead atoms. The molecule has 2 heterocycles. The summed E-state index contributed by atoms with van der Waals surface area (Å²) in [7, 11) is 0. The number of benzene rings is 1. The number of aromatic nitrogens is 1. The van der Waals surface area contributed by atoms with Crippen molar-refractivity contribution < 1.29 is 4.74 Å². The number of ether oxygens (including phenoxy) is 1. The molecule has 1 unspecified atom stereocenters. The lowest BCUT2D eigenvalue weighted by Crippen LogP contribution is -2.23. The van der Waals surface area contributed by atoms with E-state index in [0.29, 0.717) is 0 Å². The molecule has 1 N–H and O–H groups in total. The van der Waals surface area contributed by atoms with E-state index in [0.717, 1.165) is 36.0 Å². The fraction of sp³-hybridized carbons (Fsp3) is 0.357. The van der Waals surface area contributed by atoms with Crippen LogP contribution in [0.2, 0.25) is 0 Å². The van der Waals surface area contributed by atoms with E-state index in [4.69, 9.17) is 4.74 Å². The van der Waals surface area contributed by atoms with Gasteiger partial charge in [-0.05, 0) is 18.1 Å². The average molecular weight is 260 g/mol. The lowest BCUT2D eigenvalue weighted by atomic mass is 10.1. The summed E-state index contributed by atoms with van der Waals surface area (Å²) in [6.45, 7) is 2.93. The third kappa shape index (κ3) is 2.34. The van der Waals surface area contributed by atoms with Crippen molar-refractivity contribution >= 4 is 16.5 Å². The highest BCUT2D eigenvalue weighted by Gasteiger charge is 2.22. The van der Waals surface area contributed by atoms with Crippen molar-refractivity contribution in [3.63, 3.8) is 0 Å².